The summed E-state index contributed by atoms with van der Waals surface area (Å²) in [5, 5.41) is 6.98. The van der Waals surface area contributed by atoms with Gasteiger partial charge in [0, 0.05) is 32.2 Å². The third-order valence-electron chi connectivity index (χ3n) is 4.41. The summed E-state index contributed by atoms with van der Waals surface area (Å²) >= 11 is 1.70. The molecule has 2 aromatic heterocycles. The third-order valence-corrected chi connectivity index (χ3v) is 5.11. The number of nitrogens with one attached hydrogen (secondary N) is 1. The van der Waals surface area contributed by atoms with Crippen LogP contribution < -0.4 is 11.1 Å². The number of nitrogens with zero attached hydrogens (tertiary/aromatic N) is 3. The van der Waals surface area contributed by atoms with Gasteiger partial charge < -0.3 is 10.6 Å². The normalized spacial score (nSPS) is 16.4. The summed E-state index contributed by atoms with van der Waals surface area (Å²) in [6, 6.07) is 7.08. The second-order valence-electron chi connectivity index (χ2n) is 5.96. The first-order valence-electron chi connectivity index (χ1n) is 8.13. The Balaban J connectivity index is 1.55. The number of primary amides is 1. The van der Waals surface area contributed by atoms with Crippen LogP contribution in [0.4, 0.5) is 10.6 Å². The number of piperazine rings is 1. The minimum Gasteiger partial charge on any atom is -0.364 e. The van der Waals surface area contributed by atoms with Crippen molar-refractivity contribution in [2.75, 3.05) is 31.5 Å². The molecule has 1 aliphatic heterocycles. The number of carbonyl (C=O) groups excluding carboxylic acids is 2. The van der Waals surface area contributed by atoms with Crippen LogP contribution in [0, 0.1) is 0 Å². The number of anilines is 1. The van der Waals surface area contributed by atoms with E-state index in [9.17, 15) is 9.59 Å². The average Bonchev–Trinajstić information content (AvgIpc) is 3.16. The smallest absolute Gasteiger partial charge is 0.323 e. The highest BCUT2D eigenvalue weighted by Gasteiger charge is 2.25. The number of carbonyl (C=O) groups is 2. The lowest BCUT2D eigenvalue weighted by Crippen LogP contribution is -2.50. The van der Waals surface area contributed by atoms with Gasteiger partial charge in [0.15, 0.2) is 0 Å². The van der Waals surface area contributed by atoms with Crippen molar-refractivity contribution in [3.05, 3.63) is 46.3 Å². The number of hydrogen-bond donors (Lipinski definition) is 2. The molecule has 0 radical (unpaired) electrons. The zero-order chi connectivity index (χ0) is 17.8. The van der Waals surface area contributed by atoms with Crippen molar-refractivity contribution in [2.24, 2.45) is 5.73 Å². The number of nitrogens with two attached hydrogens (primary N) is 1. The molecule has 1 saturated heterocycles. The van der Waals surface area contributed by atoms with Gasteiger partial charge in [0.05, 0.1) is 0 Å². The predicted molar refractivity (Wildman–Crippen MR) is 97.7 cm³/mol. The Bertz CT molecular complexity index is 741. The van der Waals surface area contributed by atoms with Crippen LogP contribution in [-0.2, 0) is 0 Å². The molecule has 0 spiro atoms. The van der Waals surface area contributed by atoms with Gasteiger partial charge in [-0.1, -0.05) is 6.07 Å². The number of urea groups is 1. The zero-order valence-electron chi connectivity index (χ0n) is 14.0. The molecular weight excluding hydrogens is 338 g/mol. The fourth-order valence-corrected chi connectivity index (χ4v) is 3.61. The molecular formula is C17H21N5O2S. The highest BCUT2D eigenvalue weighted by molar-refractivity contribution is 7.07. The quantitative estimate of drug-likeness (QED) is 0.875. The Morgan fingerprint density at radius 3 is 2.64 bits per heavy atom. The first-order chi connectivity index (χ1) is 12.0. The van der Waals surface area contributed by atoms with E-state index in [1.54, 1.807) is 28.4 Å². The van der Waals surface area contributed by atoms with Gasteiger partial charge in [-0.3, -0.25) is 15.0 Å². The Hall–Kier alpha value is -2.45. The van der Waals surface area contributed by atoms with E-state index < -0.39 is 5.91 Å². The van der Waals surface area contributed by atoms with Crippen molar-refractivity contribution in [2.45, 2.75) is 13.0 Å². The number of pyridine rings is 1. The molecule has 3 heterocycles. The maximum absolute atomic E-state index is 12.4. The molecule has 2 aromatic rings. The lowest BCUT2D eigenvalue weighted by atomic mass is 10.1. The van der Waals surface area contributed by atoms with Gasteiger partial charge in [0.2, 0.25) is 0 Å². The molecule has 1 aliphatic rings. The minimum absolute atomic E-state index is 0.132. The number of rotatable bonds is 4. The van der Waals surface area contributed by atoms with Gasteiger partial charge in [-0.15, -0.1) is 0 Å². The van der Waals surface area contributed by atoms with Gasteiger partial charge in [-0.25, -0.2) is 9.78 Å². The summed E-state index contributed by atoms with van der Waals surface area (Å²) in [6.45, 7) is 5.13. The molecule has 1 atom stereocenters. The largest absolute Gasteiger partial charge is 0.364 e. The summed E-state index contributed by atoms with van der Waals surface area (Å²) in [5.74, 6) is -0.289. The molecule has 8 heteroatoms. The maximum Gasteiger partial charge on any atom is 0.323 e. The highest BCUT2D eigenvalue weighted by atomic mass is 32.1. The number of amides is 3. The van der Waals surface area contributed by atoms with E-state index in [2.05, 4.69) is 39.0 Å². The molecule has 1 unspecified atom stereocenters. The van der Waals surface area contributed by atoms with Gasteiger partial charge >= 0.3 is 6.03 Å². The number of aromatic nitrogens is 1. The summed E-state index contributed by atoms with van der Waals surface area (Å²) in [4.78, 5) is 31.7. The van der Waals surface area contributed by atoms with Crippen LogP contribution in [0.15, 0.2) is 35.0 Å². The second kappa shape index (κ2) is 7.62. The molecule has 25 heavy (non-hydrogen) atoms. The fourth-order valence-electron chi connectivity index (χ4n) is 2.87. The Labute approximate surface area is 150 Å². The van der Waals surface area contributed by atoms with E-state index >= 15 is 0 Å². The molecule has 1 fully saturated rings. The van der Waals surface area contributed by atoms with E-state index in [1.165, 1.54) is 11.6 Å². The summed E-state index contributed by atoms with van der Waals surface area (Å²) in [6.07, 6.45) is 0. The van der Waals surface area contributed by atoms with E-state index in [0.717, 1.165) is 13.1 Å². The summed E-state index contributed by atoms with van der Waals surface area (Å²) in [7, 11) is 0. The molecule has 0 saturated carbocycles. The molecule has 132 valence electrons. The van der Waals surface area contributed by atoms with Gasteiger partial charge in [0.1, 0.15) is 11.5 Å². The van der Waals surface area contributed by atoms with Crippen LogP contribution in [0.2, 0.25) is 0 Å². The van der Waals surface area contributed by atoms with Crippen LogP contribution >= 0.6 is 11.3 Å². The molecule has 0 aliphatic carbocycles. The monoisotopic (exact) mass is 359 g/mol. The van der Waals surface area contributed by atoms with Crippen molar-refractivity contribution in [1.82, 2.24) is 14.8 Å². The van der Waals surface area contributed by atoms with Gasteiger partial charge in [-0.2, -0.15) is 11.3 Å². The molecule has 3 amide bonds. The Morgan fingerprint density at radius 2 is 2.00 bits per heavy atom. The van der Waals surface area contributed by atoms with E-state index in [0.29, 0.717) is 24.9 Å². The maximum atomic E-state index is 12.4. The first kappa shape index (κ1) is 17.4. The van der Waals surface area contributed by atoms with Crippen LogP contribution in [0.1, 0.15) is 29.0 Å². The van der Waals surface area contributed by atoms with Crippen LogP contribution in [0.3, 0.4) is 0 Å². The van der Waals surface area contributed by atoms with Gasteiger partial charge in [-0.05, 0) is 41.4 Å². The predicted octanol–water partition coefficient (Wildman–Crippen LogP) is 2.15. The SMILES string of the molecule is CC(c1ccsc1)N1CCN(C(=O)Nc2cccc(C(N)=O)n2)CC1. The van der Waals surface area contributed by atoms with Crippen molar-refractivity contribution in [3.63, 3.8) is 0 Å². The van der Waals surface area contributed by atoms with E-state index in [-0.39, 0.29) is 11.7 Å². The average molecular weight is 359 g/mol. The van der Waals surface area contributed by atoms with E-state index in [4.69, 9.17) is 5.73 Å². The number of hydrogen-bond acceptors (Lipinski definition) is 5. The standard InChI is InChI=1S/C17H21N5O2S/c1-12(13-5-10-25-11-13)21-6-8-22(9-7-21)17(24)20-15-4-2-3-14(19-15)16(18)23/h2-5,10-12H,6-9H2,1H3,(H2,18,23)(H,19,20,24). The third kappa shape index (κ3) is 4.15. The Kier molecular flexibility index (Phi) is 5.30. The zero-order valence-corrected chi connectivity index (χ0v) is 14.8. The molecule has 0 aromatic carbocycles. The van der Waals surface area contributed by atoms with Gasteiger partial charge in [0.25, 0.3) is 5.91 Å². The molecule has 0 bridgehead atoms. The summed E-state index contributed by atoms with van der Waals surface area (Å²) in [5.41, 5.74) is 6.66. The van der Waals surface area contributed by atoms with E-state index in [1.807, 2.05) is 0 Å². The topological polar surface area (TPSA) is 91.6 Å². The molecule has 3 rings (SSSR count). The Morgan fingerprint density at radius 1 is 1.24 bits per heavy atom. The minimum atomic E-state index is -0.618. The molecule has 7 nitrogen and oxygen atoms in total. The van der Waals surface area contributed by atoms with Crippen molar-refractivity contribution in [3.8, 4) is 0 Å². The number of thiophene rings is 1. The lowest BCUT2D eigenvalue weighted by molar-refractivity contribution is 0.0995. The second-order valence-corrected chi connectivity index (χ2v) is 6.74. The van der Waals surface area contributed by atoms with Crippen molar-refractivity contribution >= 4 is 29.1 Å². The van der Waals surface area contributed by atoms with Crippen LogP contribution in [0.5, 0.6) is 0 Å². The summed E-state index contributed by atoms with van der Waals surface area (Å²) < 4.78 is 0. The highest BCUT2D eigenvalue weighted by Crippen LogP contribution is 2.23. The first-order valence-corrected chi connectivity index (χ1v) is 9.08. The van der Waals surface area contributed by atoms with Crippen LogP contribution in [0.25, 0.3) is 0 Å². The lowest BCUT2D eigenvalue weighted by Gasteiger charge is -2.37. The molecule has 3 N–H and O–H groups in total. The van der Waals surface area contributed by atoms with Crippen molar-refractivity contribution in [1.29, 1.82) is 0 Å². The van der Waals surface area contributed by atoms with Crippen molar-refractivity contribution < 1.29 is 9.59 Å². The van der Waals surface area contributed by atoms with Crippen LogP contribution in [-0.4, -0.2) is 52.9 Å². The fraction of sp³-hybridized carbons (Fsp3) is 0.353.